The lowest BCUT2D eigenvalue weighted by Gasteiger charge is -2.08. The summed E-state index contributed by atoms with van der Waals surface area (Å²) in [6.07, 6.45) is 0.828. The molecule has 0 unspecified atom stereocenters. The van der Waals surface area contributed by atoms with Crippen LogP contribution in [0, 0.1) is 6.92 Å². The van der Waals surface area contributed by atoms with Crippen LogP contribution in [0.15, 0.2) is 39.6 Å². The molecule has 2 aromatic rings. The van der Waals surface area contributed by atoms with Crippen molar-refractivity contribution >= 4 is 15.7 Å². The van der Waals surface area contributed by atoms with Gasteiger partial charge in [0.25, 0.3) is 10.0 Å². The molecule has 0 spiro atoms. The maximum Gasteiger partial charge on any atom is 0.265 e. The Labute approximate surface area is 118 Å². The molecule has 0 bridgehead atoms. The SMILES string of the molecule is CCc1cccc(NS(=O)(=O)c2cc(CO)oc2C)c1. The summed E-state index contributed by atoms with van der Waals surface area (Å²) in [7, 11) is -3.71. The first-order chi connectivity index (χ1) is 9.46. The summed E-state index contributed by atoms with van der Waals surface area (Å²) >= 11 is 0. The lowest BCUT2D eigenvalue weighted by atomic mass is 10.1. The van der Waals surface area contributed by atoms with Crippen LogP contribution in [0.2, 0.25) is 0 Å². The Morgan fingerprint density at radius 3 is 2.65 bits per heavy atom. The molecule has 1 aromatic carbocycles. The van der Waals surface area contributed by atoms with Crippen molar-refractivity contribution in [1.29, 1.82) is 0 Å². The van der Waals surface area contributed by atoms with E-state index in [0.717, 1.165) is 12.0 Å². The van der Waals surface area contributed by atoms with Gasteiger partial charge in [-0.3, -0.25) is 4.72 Å². The molecule has 0 saturated carbocycles. The second kappa shape index (κ2) is 5.68. The zero-order chi connectivity index (χ0) is 14.8. The van der Waals surface area contributed by atoms with Crippen molar-refractivity contribution in [3.63, 3.8) is 0 Å². The molecule has 0 radical (unpaired) electrons. The van der Waals surface area contributed by atoms with E-state index in [1.165, 1.54) is 6.07 Å². The van der Waals surface area contributed by atoms with Crippen molar-refractivity contribution in [3.05, 3.63) is 47.4 Å². The van der Waals surface area contributed by atoms with Gasteiger partial charge in [0.2, 0.25) is 0 Å². The fourth-order valence-electron chi connectivity index (χ4n) is 1.93. The highest BCUT2D eigenvalue weighted by Gasteiger charge is 2.21. The minimum Gasteiger partial charge on any atom is -0.462 e. The van der Waals surface area contributed by atoms with Gasteiger partial charge in [-0.05, 0) is 31.0 Å². The van der Waals surface area contributed by atoms with Gasteiger partial charge in [-0.15, -0.1) is 0 Å². The number of furan rings is 1. The molecular formula is C14H17NO4S. The monoisotopic (exact) mass is 295 g/mol. The topological polar surface area (TPSA) is 79.5 Å². The first-order valence-electron chi connectivity index (χ1n) is 6.28. The Hall–Kier alpha value is -1.79. The van der Waals surface area contributed by atoms with E-state index < -0.39 is 10.0 Å². The lowest BCUT2D eigenvalue weighted by molar-refractivity contribution is 0.245. The van der Waals surface area contributed by atoms with Crippen LogP contribution in [0.25, 0.3) is 0 Å². The highest BCUT2D eigenvalue weighted by molar-refractivity contribution is 7.92. The summed E-state index contributed by atoms with van der Waals surface area (Å²) in [6.45, 7) is 3.22. The van der Waals surface area contributed by atoms with Crippen LogP contribution in [0.3, 0.4) is 0 Å². The second-order valence-electron chi connectivity index (χ2n) is 4.45. The predicted octanol–water partition coefficient (Wildman–Crippen LogP) is 2.44. The molecule has 0 fully saturated rings. The predicted molar refractivity (Wildman–Crippen MR) is 76.0 cm³/mol. The smallest absolute Gasteiger partial charge is 0.265 e. The van der Waals surface area contributed by atoms with Gasteiger partial charge in [0, 0.05) is 11.8 Å². The number of aryl methyl sites for hydroxylation is 2. The maximum atomic E-state index is 12.3. The van der Waals surface area contributed by atoms with Crippen LogP contribution in [0.1, 0.15) is 24.0 Å². The number of sulfonamides is 1. The first kappa shape index (κ1) is 14.6. The van der Waals surface area contributed by atoms with Gasteiger partial charge in [-0.25, -0.2) is 8.42 Å². The van der Waals surface area contributed by atoms with Crippen molar-refractivity contribution in [2.75, 3.05) is 4.72 Å². The Morgan fingerprint density at radius 2 is 2.05 bits per heavy atom. The van der Waals surface area contributed by atoms with E-state index >= 15 is 0 Å². The fourth-order valence-corrected chi connectivity index (χ4v) is 3.19. The summed E-state index contributed by atoms with van der Waals surface area (Å²) in [6, 6.07) is 8.56. The molecule has 5 nitrogen and oxygen atoms in total. The zero-order valence-corrected chi connectivity index (χ0v) is 12.2. The van der Waals surface area contributed by atoms with Gasteiger partial charge in [-0.1, -0.05) is 19.1 Å². The van der Waals surface area contributed by atoms with Gasteiger partial charge in [0.1, 0.15) is 23.0 Å². The molecule has 0 amide bonds. The molecule has 0 saturated heterocycles. The average molecular weight is 295 g/mol. The van der Waals surface area contributed by atoms with Gasteiger partial charge in [-0.2, -0.15) is 0 Å². The van der Waals surface area contributed by atoms with Gasteiger partial charge in [0.15, 0.2) is 0 Å². The van der Waals surface area contributed by atoms with Crippen LogP contribution >= 0.6 is 0 Å². The number of rotatable bonds is 5. The highest BCUT2D eigenvalue weighted by Crippen LogP contribution is 2.23. The minimum atomic E-state index is -3.71. The molecule has 20 heavy (non-hydrogen) atoms. The van der Waals surface area contributed by atoms with Gasteiger partial charge >= 0.3 is 0 Å². The quantitative estimate of drug-likeness (QED) is 0.888. The van der Waals surface area contributed by atoms with Crippen molar-refractivity contribution in [1.82, 2.24) is 0 Å². The van der Waals surface area contributed by atoms with Gasteiger partial charge < -0.3 is 9.52 Å². The Bertz CT molecular complexity index is 704. The number of aliphatic hydroxyl groups excluding tert-OH is 1. The molecule has 108 valence electrons. The van der Waals surface area contributed by atoms with E-state index in [0.29, 0.717) is 5.69 Å². The van der Waals surface area contributed by atoms with Crippen molar-refractivity contribution in [2.45, 2.75) is 31.8 Å². The highest BCUT2D eigenvalue weighted by atomic mass is 32.2. The molecule has 2 N–H and O–H groups in total. The first-order valence-corrected chi connectivity index (χ1v) is 7.76. The molecule has 0 atom stereocenters. The van der Waals surface area contributed by atoms with E-state index in [1.807, 2.05) is 13.0 Å². The Morgan fingerprint density at radius 1 is 1.30 bits per heavy atom. The molecule has 0 aliphatic rings. The van der Waals surface area contributed by atoms with E-state index in [2.05, 4.69) is 4.72 Å². The number of aliphatic hydroxyl groups is 1. The van der Waals surface area contributed by atoms with E-state index in [1.54, 1.807) is 25.1 Å². The number of hydrogen-bond acceptors (Lipinski definition) is 4. The normalized spacial score (nSPS) is 11.6. The third-order valence-electron chi connectivity index (χ3n) is 2.96. The molecule has 6 heteroatoms. The van der Waals surface area contributed by atoms with Crippen molar-refractivity contribution in [3.8, 4) is 0 Å². The van der Waals surface area contributed by atoms with Crippen LogP contribution in [0.4, 0.5) is 5.69 Å². The van der Waals surface area contributed by atoms with E-state index in [-0.39, 0.29) is 23.0 Å². The minimum absolute atomic E-state index is 0.0449. The Balaban J connectivity index is 2.32. The standard InChI is InChI=1S/C14H17NO4S/c1-3-11-5-4-6-12(7-11)15-20(17,18)14-8-13(9-16)19-10(14)2/h4-8,15-16H,3,9H2,1-2H3. The molecule has 1 aromatic heterocycles. The number of benzene rings is 1. The fraction of sp³-hybridized carbons (Fsp3) is 0.286. The Kier molecular flexibility index (Phi) is 4.15. The second-order valence-corrected chi connectivity index (χ2v) is 6.10. The molecule has 2 rings (SSSR count). The summed E-state index contributed by atoms with van der Waals surface area (Å²) in [4.78, 5) is 0.0449. The van der Waals surface area contributed by atoms with E-state index in [4.69, 9.17) is 9.52 Å². The summed E-state index contributed by atoms with van der Waals surface area (Å²) < 4.78 is 32.3. The molecule has 1 heterocycles. The molecular weight excluding hydrogens is 278 g/mol. The number of nitrogens with one attached hydrogen (secondary N) is 1. The zero-order valence-electron chi connectivity index (χ0n) is 11.4. The number of hydrogen-bond donors (Lipinski definition) is 2. The summed E-state index contributed by atoms with van der Waals surface area (Å²) in [5.74, 6) is 0.485. The maximum absolute atomic E-state index is 12.3. The van der Waals surface area contributed by atoms with Crippen LogP contribution < -0.4 is 4.72 Å². The van der Waals surface area contributed by atoms with Crippen molar-refractivity contribution in [2.24, 2.45) is 0 Å². The van der Waals surface area contributed by atoms with Gasteiger partial charge in [0.05, 0.1) is 0 Å². The summed E-state index contributed by atoms with van der Waals surface area (Å²) in [5.41, 5.74) is 1.56. The number of anilines is 1. The van der Waals surface area contributed by atoms with Crippen LogP contribution in [-0.2, 0) is 23.1 Å². The average Bonchev–Trinajstić information content (AvgIpc) is 2.80. The largest absolute Gasteiger partial charge is 0.462 e. The lowest BCUT2D eigenvalue weighted by Crippen LogP contribution is -2.13. The third-order valence-corrected chi connectivity index (χ3v) is 4.44. The van der Waals surface area contributed by atoms with E-state index in [9.17, 15) is 8.42 Å². The molecule has 0 aliphatic carbocycles. The molecule has 0 aliphatic heterocycles. The van der Waals surface area contributed by atoms with Crippen molar-refractivity contribution < 1.29 is 17.9 Å². The third kappa shape index (κ3) is 3.02. The summed E-state index contributed by atoms with van der Waals surface area (Å²) in [5, 5.41) is 8.99. The van der Waals surface area contributed by atoms with Crippen LogP contribution in [-0.4, -0.2) is 13.5 Å². The van der Waals surface area contributed by atoms with Crippen LogP contribution in [0.5, 0.6) is 0 Å².